The first-order chi connectivity index (χ1) is 11.6. The first-order valence-electron chi connectivity index (χ1n) is 8.21. The molecule has 24 heavy (non-hydrogen) atoms. The number of primary amides is 1. The predicted molar refractivity (Wildman–Crippen MR) is 97.7 cm³/mol. The normalized spacial score (nSPS) is 11.2. The maximum absolute atomic E-state index is 11.1. The number of nitrogens with one attached hydrogen (secondary N) is 1. The first kappa shape index (κ1) is 16.3. The van der Waals surface area contributed by atoms with Crippen molar-refractivity contribution in [3.05, 3.63) is 71.4 Å². The Morgan fingerprint density at radius 1 is 1.12 bits per heavy atom. The fourth-order valence-corrected chi connectivity index (χ4v) is 3.03. The second kappa shape index (κ2) is 7.32. The largest absolute Gasteiger partial charge is 0.369 e. The number of amides is 1. The summed E-state index contributed by atoms with van der Waals surface area (Å²) in [6, 6.07) is 16.5. The predicted octanol–water partition coefficient (Wildman–Crippen LogP) is 2.87. The average Bonchev–Trinajstić information content (AvgIpc) is 2.96. The monoisotopic (exact) mass is 321 g/mol. The number of rotatable bonds is 7. The van der Waals surface area contributed by atoms with Gasteiger partial charge >= 0.3 is 0 Å². The molecule has 0 saturated heterocycles. The van der Waals surface area contributed by atoms with Gasteiger partial charge in [-0.3, -0.25) is 4.79 Å². The molecule has 0 fully saturated rings. The standard InChI is InChI=1S/C20H23N3O/c1-23(14-15-5-3-2-4-6-15)10-9-17-13-22-19-8-7-16(11-18(17)19)12-20(21)24/h2-8,11,13,22H,9-10,12,14H2,1H3,(H2,21,24). The number of hydrogen-bond acceptors (Lipinski definition) is 2. The molecule has 0 unspecified atom stereocenters. The zero-order chi connectivity index (χ0) is 16.9. The third-order valence-electron chi connectivity index (χ3n) is 4.27. The minimum absolute atomic E-state index is 0.286. The molecule has 1 heterocycles. The van der Waals surface area contributed by atoms with Crippen LogP contribution in [0.5, 0.6) is 0 Å². The van der Waals surface area contributed by atoms with Crippen LogP contribution in [0, 0.1) is 0 Å². The molecule has 0 aliphatic heterocycles. The van der Waals surface area contributed by atoms with E-state index < -0.39 is 0 Å². The van der Waals surface area contributed by atoms with Crippen molar-refractivity contribution in [3.63, 3.8) is 0 Å². The van der Waals surface area contributed by atoms with Crippen LogP contribution in [0.4, 0.5) is 0 Å². The van der Waals surface area contributed by atoms with E-state index in [-0.39, 0.29) is 12.3 Å². The molecular weight excluding hydrogens is 298 g/mol. The highest BCUT2D eigenvalue weighted by Crippen LogP contribution is 2.21. The van der Waals surface area contributed by atoms with Crippen LogP contribution < -0.4 is 5.73 Å². The summed E-state index contributed by atoms with van der Waals surface area (Å²) in [6.45, 7) is 1.91. The Morgan fingerprint density at radius 3 is 2.67 bits per heavy atom. The summed E-state index contributed by atoms with van der Waals surface area (Å²) >= 11 is 0. The number of aromatic amines is 1. The maximum atomic E-state index is 11.1. The Hall–Kier alpha value is -2.59. The Bertz CT molecular complexity index is 823. The smallest absolute Gasteiger partial charge is 0.221 e. The first-order valence-corrected chi connectivity index (χ1v) is 8.21. The zero-order valence-electron chi connectivity index (χ0n) is 14.0. The van der Waals surface area contributed by atoms with Gasteiger partial charge in [-0.1, -0.05) is 36.4 Å². The summed E-state index contributed by atoms with van der Waals surface area (Å²) < 4.78 is 0. The highest BCUT2D eigenvalue weighted by molar-refractivity contribution is 5.85. The van der Waals surface area contributed by atoms with Gasteiger partial charge in [-0.2, -0.15) is 0 Å². The van der Waals surface area contributed by atoms with Crippen molar-refractivity contribution >= 4 is 16.8 Å². The molecule has 1 aromatic heterocycles. The van der Waals surface area contributed by atoms with Crippen LogP contribution >= 0.6 is 0 Å². The molecule has 0 aliphatic rings. The molecule has 0 bridgehead atoms. The maximum Gasteiger partial charge on any atom is 0.221 e. The van der Waals surface area contributed by atoms with Gasteiger partial charge in [0.05, 0.1) is 6.42 Å². The fourth-order valence-electron chi connectivity index (χ4n) is 3.03. The number of benzene rings is 2. The molecule has 3 N–H and O–H groups in total. The Balaban J connectivity index is 1.67. The second-order valence-corrected chi connectivity index (χ2v) is 6.31. The molecule has 4 nitrogen and oxygen atoms in total. The van der Waals surface area contributed by atoms with E-state index in [0.717, 1.165) is 30.6 Å². The molecule has 1 amide bonds. The van der Waals surface area contributed by atoms with E-state index in [0.29, 0.717) is 0 Å². The van der Waals surface area contributed by atoms with Crippen LogP contribution in [-0.4, -0.2) is 29.4 Å². The van der Waals surface area contributed by atoms with Gasteiger partial charge in [0.25, 0.3) is 0 Å². The van der Waals surface area contributed by atoms with Gasteiger partial charge in [-0.05, 0) is 42.3 Å². The lowest BCUT2D eigenvalue weighted by Gasteiger charge is -2.16. The highest BCUT2D eigenvalue weighted by Gasteiger charge is 2.08. The molecule has 3 aromatic rings. The van der Waals surface area contributed by atoms with Crippen LogP contribution in [-0.2, 0) is 24.2 Å². The Labute approximate surface area is 142 Å². The molecule has 0 radical (unpaired) electrons. The lowest BCUT2D eigenvalue weighted by Crippen LogP contribution is -2.20. The quantitative estimate of drug-likeness (QED) is 0.703. The fraction of sp³-hybridized carbons (Fsp3) is 0.250. The van der Waals surface area contributed by atoms with Crippen molar-refractivity contribution in [2.45, 2.75) is 19.4 Å². The van der Waals surface area contributed by atoms with Crippen molar-refractivity contribution in [3.8, 4) is 0 Å². The van der Waals surface area contributed by atoms with E-state index in [1.165, 1.54) is 16.5 Å². The molecule has 0 spiro atoms. The average molecular weight is 321 g/mol. The number of carbonyl (C=O) groups is 1. The number of aromatic nitrogens is 1. The summed E-state index contributed by atoms with van der Waals surface area (Å²) in [6.07, 6.45) is 3.31. The minimum Gasteiger partial charge on any atom is -0.369 e. The van der Waals surface area contributed by atoms with E-state index in [1.54, 1.807) is 0 Å². The molecule has 4 heteroatoms. The molecule has 0 saturated carbocycles. The summed E-state index contributed by atoms with van der Waals surface area (Å²) in [5, 5.41) is 1.18. The second-order valence-electron chi connectivity index (χ2n) is 6.31. The molecule has 3 rings (SSSR count). The number of nitrogens with two attached hydrogens (primary N) is 1. The molecule has 124 valence electrons. The summed E-state index contributed by atoms with van der Waals surface area (Å²) in [4.78, 5) is 16.8. The lowest BCUT2D eigenvalue weighted by molar-refractivity contribution is -0.117. The van der Waals surface area contributed by atoms with Gasteiger partial charge in [0.1, 0.15) is 0 Å². The van der Waals surface area contributed by atoms with E-state index in [1.807, 2.05) is 18.2 Å². The molecular formula is C20H23N3O. The number of fused-ring (bicyclic) bond motifs is 1. The van der Waals surface area contributed by atoms with Gasteiger partial charge in [-0.25, -0.2) is 0 Å². The van der Waals surface area contributed by atoms with Gasteiger partial charge in [0.15, 0.2) is 0 Å². The van der Waals surface area contributed by atoms with Crippen LogP contribution in [0.25, 0.3) is 10.9 Å². The lowest BCUT2D eigenvalue weighted by atomic mass is 10.0. The van der Waals surface area contributed by atoms with Gasteiger partial charge < -0.3 is 15.6 Å². The summed E-state index contributed by atoms with van der Waals surface area (Å²) in [5.74, 6) is -0.297. The minimum atomic E-state index is -0.297. The van der Waals surface area contributed by atoms with E-state index >= 15 is 0 Å². The Kier molecular flexibility index (Phi) is 4.96. The van der Waals surface area contributed by atoms with Crippen LogP contribution in [0.3, 0.4) is 0 Å². The number of H-pyrrole nitrogens is 1. The summed E-state index contributed by atoms with van der Waals surface area (Å²) in [5.41, 5.74) is 9.96. The number of carbonyl (C=O) groups excluding carboxylic acids is 1. The third-order valence-corrected chi connectivity index (χ3v) is 4.27. The number of nitrogens with zero attached hydrogens (tertiary/aromatic N) is 1. The molecule has 0 atom stereocenters. The highest BCUT2D eigenvalue weighted by atomic mass is 16.1. The summed E-state index contributed by atoms with van der Waals surface area (Å²) in [7, 11) is 2.14. The van der Waals surface area contributed by atoms with Crippen molar-refractivity contribution < 1.29 is 4.79 Å². The van der Waals surface area contributed by atoms with Gasteiger partial charge in [0, 0.05) is 30.2 Å². The van der Waals surface area contributed by atoms with E-state index in [2.05, 4.69) is 53.5 Å². The topological polar surface area (TPSA) is 62.1 Å². The van der Waals surface area contributed by atoms with Gasteiger partial charge in [0.2, 0.25) is 5.91 Å². The van der Waals surface area contributed by atoms with Crippen LogP contribution in [0.1, 0.15) is 16.7 Å². The van der Waals surface area contributed by atoms with Crippen LogP contribution in [0.15, 0.2) is 54.7 Å². The van der Waals surface area contributed by atoms with Crippen molar-refractivity contribution in [2.75, 3.05) is 13.6 Å². The number of likely N-dealkylation sites (N-methyl/N-ethyl adjacent to an activating group) is 1. The Morgan fingerprint density at radius 2 is 1.92 bits per heavy atom. The van der Waals surface area contributed by atoms with E-state index in [4.69, 9.17) is 5.73 Å². The zero-order valence-corrected chi connectivity index (χ0v) is 14.0. The third kappa shape index (κ3) is 4.03. The van der Waals surface area contributed by atoms with Gasteiger partial charge in [-0.15, -0.1) is 0 Å². The van der Waals surface area contributed by atoms with E-state index in [9.17, 15) is 4.79 Å². The van der Waals surface area contributed by atoms with Crippen molar-refractivity contribution in [2.24, 2.45) is 5.73 Å². The van der Waals surface area contributed by atoms with Crippen molar-refractivity contribution in [1.29, 1.82) is 0 Å². The SMILES string of the molecule is CN(CCc1c[nH]c2ccc(CC(N)=O)cc12)Cc1ccccc1. The molecule has 2 aromatic carbocycles. The van der Waals surface area contributed by atoms with Crippen molar-refractivity contribution in [1.82, 2.24) is 9.88 Å². The van der Waals surface area contributed by atoms with Crippen LogP contribution in [0.2, 0.25) is 0 Å². The molecule has 0 aliphatic carbocycles. The number of hydrogen-bond donors (Lipinski definition) is 2.